The quantitative estimate of drug-likeness (QED) is 0.483. The predicted octanol–water partition coefficient (Wildman–Crippen LogP) is 0.242. The molecule has 1 aromatic carbocycles. The van der Waals surface area contributed by atoms with E-state index in [1.807, 2.05) is 6.07 Å². The Hall–Kier alpha value is -1.74. The molecule has 2 aliphatic heterocycles. The third-order valence-electron chi connectivity index (χ3n) is 5.67. The van der Waals surface area contributed by atoms with E-state index >= 15 is 0 Å². The molecule has 2 unspecified atom stereocenters. The molecule has 0 saturated carbocycles. The number of carbonyl (C=O) groups is 2. The van der Waals surface area contributed by atoms with Gasteiger partial charge in [0, 0.05) is 31.4 Å². The van der Waals surface area contributed by atoms with Crippen LogP contribution in [0.15, 0.2) is 18.2 Å². The molecule has 8 heteroatoms. The molecular weight excluding hydrogens is 345 g/mol. The van der Waals surface area contributed by atoms with Crippen LogP contribution in [0, 0.1) is 5.92 Å². The lowest BCUT2D eigenvalue weighted by molar-refractivity contribution is -0.120. The summed E-state index contributed by atoms with van der Waals surface area (Å²) in [6.45, 7) is 3.86. The second-order valence-electron chi connectivity index (χ2n) is 7.75. The Morgan fingerprint density at radius 2 is 2.19 bits per heavy atom. The number of nitrogens with zero attached hydrogens (tertiary/aromatic N) is 1. The molecule has 1 saturated heterocycles. The minimum Gasteiger partial charge on any atom is -0.535 e. The lowest BCUT2D eigenvalue weighted by Crippen LogP contribution is -2.51. The molecule has 1 fully saturated rings. The van der Waals surface area contributed by atoms with Crippen LogP contribution in [-0.4, -0.2) is 60.8 Å². The average Bonchev–Trinajstić information content (AvgIpc) is 2.63. The van der Waals surface area contributed by atoms with E-state index in [-0.39, 0.29) is 35.8 Å². The highest BCUT2D eigenvalue weighted by Gasteiger charge is 2.37. The van der Waals surface area contributed by atoms with Crippen molar-refractivity contribution in [3.05, 3.63) is 29.3 Å². The zero-order valence-electron chi connectivity index (χ0n) is 15.8. The Bertz CT molecular complexity index is 714. The molecule has 1 aromatic rings. The Morgan fingerprint density at radius 1 is 1.41 bits per heavy atom. The number of para-hydroxylation sites is 1. The molecule has 0 radical (unpaired) electrons. The molecule has 0 bridgehead atoms. The zero-order chi connectivity index (χ0) is 19.6. The number of nitrogens with two attached hydrogens (primary N) is 2. The molecule has 0 aliphatic carbocycles. The summed E-state index contributed by atoms with van der Waals surface area (Å²) in [5, 5.41) is 10.4. The first-order chi connectivity index (χ1) is 12.9. The first-order valence-electron chi connectivity index (χ1n) is 9.56. The van der Waals surface area contributed by atoms with Crippen LogP contribution in [-0.2, 0) is 11.2 Å². The Labute approximate surface area is 160 Å². The monoisotopic (exact) mass is 373 g/mol. The number of fused-ring (bicyclic) bond motifs is 1. The molecule has 7 nitrogen and oxygen atoms in total. The van der Waals surface area contributed by atoms with Gasteiger partial charge >= 0.3 is 7.12 Å². The van der Waals surface area contributed by atoms with Gasteiger partial charge in [-0.15, -0.1) is 0 Å². The van der Waals surface area contributed by atoms with E-state index in [1.54, 1.807) is 12.1 Å². The van der Waals surface area contributed by atoms with Crippen LogP contribution in [0.5, 0.6) is 5.75 Å². The lowest BCUT2D eigenvalue weighted by atomic mass is 9.64. The predicted molar refractivity (Wildman–Crippen MR) is 104 cm³/mol. The molecule has 3 atom stereocenters. The van der Waals surface area contributed by atoms with Crippen molar-refractivity contribution in [3.8, 4) is 5.75 Å². The second kappa shape index (κ2) is 8.52. The van der Waals surface area contributed by atoms with Crippen molar-refractivity contribution >= 4 is 18.7 Å². The smallest absolute Gasteiger partial charge is 0.526 e. The first-order valence-corrected chi connectivity index (χ1v) is 9.56. The van der Waals surface area contributed by atoms with Gasteiger partial charge in [0.05, 0.1) is 12.1 Å². The van der Waals surface area contributed by atoms with Crippen molar-refractivity contribution in [2.24, 2.45) is 17.4 Å². The number of hydrogen-bond donors (Lipinski definition) is 3. The summed E-state index contributed by atoms with van der Waals surface area (Å²) in [6, 6.07) is 5.47. The average molecular weight is 373 g/mol. The summed E-state index contributed by atoms with van der Waals surface area (Å²) < 4.78 is 5.61. The van der Waals surface area contributed by atoms with Gasteiger partial charge in [-0.3, -0.25) is 14.5 Å². The molecule has 3 rings (SSSR count). The van der Waals surface area contributed by atoms with Crippen molar-refractivity contribution < 1.29 is 19.3 Å². The number of likely N-dealkylation sites (tertiary alicyclic amines) is 1. The van der Waals surface area contributed by atoms with E-state index in [4.69, 9.17) is 16.1 Å². The van der Waals surface area contributed by atoms with E-state index in [2.05, 4.69) is 4.90 Å². The molecule has 0 spiro atoms. The number of hydrogen-bond acceptors (Lipinski definition) is 7. The fourth-order valence-corrected chi connectivity index (χ4v) is 4.06. The van der Waals surface area contributed by atoms with Crippen molar-refractivity contribution in [3.63, 3.8) is 0 Å². The minimum atomic E-state index is -1.09. The maximum atomic E-state index is 12.6. The van der Waals surface area contributed by atoms with Gasteiger partial charge in [0.25, 0.3) is 0 Å². The standard InChI is InChI=1S/C19H28BN3O4/c1-12(24)17-4-2-3-13-7-15(20(26)27-19(13)17)8-16(25)11-23-6-5-18(22)14(9-21)10-23/h2-4,14-15,18,26H,5-11,21-22H2,1H3/t14?,15-,18?/m1/s1. The van der Waals surface area contributed by atoms with Crippen LogP contribution in [0.4, 0.5) is 0 Å². The second-order valence-corrected chi connectivity index (χ2v) is 7.75. The van der Waals surface area contributed by atoms with Crippen molar-refractivity contribution in [2.75, 3.05) is 26.2 Å². The number of ketones is 2. The van der Waals surface area contributed by atoms with Crippen LogP contribution >= 0.6 is 0 Å². The molecule has 27 heavy (non-hydrogen) atoms. The van der Waals surface area contributed by atoms with E-state index < -0.39 is 7.12 Å². The summed E-state index contributed by atoms with van der Waals surface area (Å²) in [5.41, 5.74) is 13.2. The van der Waals surface area contributed by atoms with Crippen molar-refractivity contribution in [2.45, 2.75) is 38.0 Å². The highest BCUT2D eigenvalue weighted by atomic mass is 16.5. The third-order valence-corrected chi connectivity index (χ3v) is 5.67. The molecule has 146 valence electrons. The number of Topliss-reactive ketones (excluding diaryl/α,β-unsaturated/α-hetero) is 2. The molecule has 2 heterocycles. The summed E-state index contributed by atoms with van der Waals surface area (Å²) in [4.78, 5) is 26.4. The summed E-state index contributed by atoms with van der Waals surface area (Å²) in [5.74, 6) is 0.306. The van der Waals surface area contributed by atoms with Gasteiger partial charge in [-0.05, 0) is 43.9 Å². The maximum Gasteiger partial charge on any atom is 0.526 e. The fraction of sp³-hybridized carbons (Fsp3) is 0.579. The summed E-state index contributed by atoms with van der Waals surface area (Å²) >= 11 is 0. The largest absolute Gasteiger partial charge is 0.535 e. The first kappa shape index (κ1) is 20.0. The Morgan fingerprint density at radius 3 is 2.89 bits per heavy atom. The van der Waals surface area contributed by atoms with Crippen LogP contribution in [0.25, 0.3) is 0 Å². The van der Waals surface area contributed by atoms with E-state index in [1.165, 1.54) is 6.92 Å². The Kier molecular flexibility index (Phi) is 6.31. The van der Waals surface area contributed by atoms with E-state index in [9.17, 15) is 14.6 Å². The van der Waals surface area contributed by atoms with Gasteiger partial charge in [0.1, 0.15) is 11.5 Å². The third kappa shape index (κ3) is 4.58. The molecule has 2 aliphatic rings. The number of benzene rings is 1. The normalized spacial score (nSPS) is 25.6. The SMILES string of the molecule is CC(=O)c1cccc2c1OB(O)[C@@H](CC(=O)CN1CCC(N)C(CN)C1)C2. The lowest BCUT2D eigenvalue weighted by Gasteiger charge is -2.36. The van der Waals surface area contributed by atoms with Gasteiger partial charge in [0.15, 0.2) is 5.78 Å². The van der Waals surface area contributed by atoms with Gasteiger partial charge in [-0.25, -0.2) is 0 Å². The maximum absolute atomic E-state index is 12.6. The van der Waals surface area contributed by atoms with Crippen molar-refractivity contribution in [1.82, 2.24) is 4.90 Å². The molecule has 0 aromatic heterocycles. The molecular formula is C19H28BN3O4. The van der Waals surface area contributed by atoms with Crippen LogP contribution in [0.3, 0.4) is 0 Å². The summed E-state index contributed by atoms with van der Waals surface area (Å²) in [6.07, 6.45) is 1.59. The summed E-state index contributed by atoms with van der Waals surface area (Å²) in [7, 11) is -1.09. The van der Waals surface area contributed by atoms with Crippen LogP contribution in [0.2, 0.25) is 5.82 Å². The van der Waals surface area contributed by atoms with Gasteiger partial charge in [-0.1, -0.05) is 12.1 Å². The molecule has 0 amide bonds. The molecule has 5 N–H and O–H groups in total. The van der Waals surface area contributed by atoms with E-state index in [0.29, 0.717) is 30.8 Å². The van der Waals surface area contributed by atoms with Crippen LogP contribution < -0.4 is 16.1 Å². The van der Waals surface area contributed by atoms with Gasteiger partial charge in [0.2, 0.25) is 0 Å². The zero-order valence-corrected chi connectivity index (χ0v) is 15.8. The minimum absolute atomic E-state index is 0.0695. The van der Waals surface area contributed by atoms with Crippen LogP contribution in [0.1, 0.15) is 35.7 Å². The number of carbonyl (C=O) groups excluding carboxylic acids is 2. The van der Waals surface area contributed by atoms with Crippen molar-refractivity contribution in [1.29, 1.82) is 0 Å². The van der Waals surface area contributed by atoms with Gasteiger partial charge < -0.3 is 21.1 Å². The Balaban J connectivity index is 1.60. The number of rotatable bonds is 6. The highest BCUT2D eigenvalue weighted by molar-refractivity contribution is 6.47. The highest BCUT2D eigenvalue weighted by Crippen LogP contribution is 2.36. The topological polar surface area (TPSA) is 119 Å². The fourth-order valence-electron chi connectivity index (χ4n) is 4.06. The van der Waals surface area contributed by atoms with Gasteiger partial charge in [-0.2, -0.15) is 0 Å². The number of piperidine rings is 1. The van der Waals surface area contributed by atoms with E-state index in [0.717, 1.165) is 25.1 Å².